The molecule has 0 amide bonds. The molecule has 0 aromatic heterocycles. The molecule has 0 fully saturated rings. The topological polar surface area (TPSA) is 27.3 Å². The van der Waals surface area contributed by atoms with Crippen molar-refractivity contribution < 1.29 is 0 Å². The van der Waals surface area contributed by atoms with E-state index in [0.717, 1.165) is 13.1 Å². The van der Waals surface area contributed by atoms with Crippen LogP contribution in [0.15, 0.2) is 60.7 Å². The van der Waals surface area contributed by atoms with Crippen LogP contribution < -0.4 is 15.5 Å². The van der Waals surface area contributed by atoms with Crippen LogP contribution in [0, 0.1) is 13.8 Å². The quantitative estimate of drug-likeness (QED) is 0.427. The Morgan fingerprint density at radius 1 is 0.667 bits per heavy atom. The molecule has 0 bridgehead atoms. The summed E-state index contributed by atoms with van der Waals surface area (Å²) in [5.74, 6) is 0.199. The van der Waals surface area contributed by atoms with E-state index in [1.807, 2.05) is 0 Å². The van der Waals surface area contributed by atoms with Crippen LogP contribution in [0.2, 0.25) is 0 Å². The fraction of sp³-hybridized carbons (Fsp3) is 0.333. The third-order valence-corrected chi connectivity index (χ3v) is 5.64. The number of rotatable bonds is 8. The molecule has 3 rings (SSSR count). The molecule has 0 saturated heterocycles. The lowest BCUT2D eigenvalue weighted by Gasteiger charge is -2.23. The molecule has 2 N–H and O–H groups in total. The summed E-state index contributed by atoms with van der Waals surface area (Å²) in [6, 6.07) is 22.6. The summed E-state index contributed by atoms with van der Waals surface area (Å²) >= 11 is 0. The molecule has 3 aromatic rings. The summed E-state index contributed by atoms with van der Waals surface area (Å²) in [5.41, 5.74) is 10.2. The van der Waals surface area contributed by atoms with Crippen molar-refractivity contribution in [3.63, 3.8) is 0 Å². The van der Waals surface area contributed by atoms with Crippen molar-refractivity contribution in [2.75, 3.05) is 42.7 Å². The van der Waals surface area contributed by atoms with Crippen molar-refractivity contribution in [1.82, 2.24) is 0 Å². The van der Waals surface area contributed by atoms with Gasteiger partial charge in [0.1, 0.15) is 0 Å². The number of aryl methyl sites for hydroxylation is 2. The van der Waals surface area contributed by atoms with Crippen molar-refractivity contribution in [3.05, 3.63) is 88.5 Å². The predicted molar refractivity (Wildman–Crippen MR) is 132 cm³/mol. The fourth-order valence-corrected chi connectivity index (χ4v) is 4.05. The van der Waals surface area contributed by atoms with Gasteiger partial charge in [-0.3, -0.25) is 0 Å². The first-order valence-corrected chi connectivity index (χ1v) is 10.9. The fourth-order valence-electron chi connectivity index (χ4n) is 4.05. The van der Waals surface area contributed by atoms with E-state index in [-0.39, 0.29) is 5.92 Å². The molecule has 30 heavy (non-hydrogen) atoms. The Labute approximate surface area is 182 Å². The van der Waals surface area contributed by atoms with Crippen LogP contribution in [0.3, 0.4) is 0 Å². The lowest BCUT2D eigenvalue weighted by atomic mass is 9.83. The maximum atomic E-state index is 3.46. The number of hydrogen-bond donors (Lipinski definition) is 2. The van der Waals surface area contributed by atoms with Gasteiger partial charge in [0.2, 0.25) is 0 Å². The Hall–Kier alpha value is -2.94. The molecule has 158 valence electrons. The number of anilines is 3. The van der Waals surface area contributed by atoms with E-state index < -0.39 is 0 Å². The minimum absolute atomic E-state index is 0.199. The normalized spacial score (nSPS) is 10.9. The average Bonchev–Trinajstić information content (AvgIpc) is 2.73. The van der Waals surface area contributed by atoms with Crippen LogP contribution >= 0.6 is 0 Å². The van der Waals surface area contributed by atoms with Crippen LogP contribution in [-0.2, 0) is 0 Å². The second-order valence-electron chi connectivity index (χ2n) is 8.13. The summed E-state index contributed by atoms with van der Waals surface area (Å²) in [6.07, 6.45) is 0. The molecule has 0 saturated carbocycles. The predicted octanol–water partition coefficient (Wildman–Crippen LogP) is 6.41. The van der Waals surface area contributed by atoms with E-state index in [9.17, 15) is 0 Å². The molecule has 0 unspecified atom stereocenters. The molecule has 0 aliphatic rings. The van der Waals surface area contributed by atoms with Crippen molar-refractivity contribution in [2.24, 2.45) is 0 Å². The summed E-state index contributed by atoms with van der Waals surface area (Å²) < 4.78 is 0. The van der Waals surface area contributed by atoms with Crippen LogP contribution in [0.25, 0.3) is 0 Å². The Bertz CT molecular complexity index is 918. The zero-order chi connectivity index (χ0) is 21.7. The average molecular weight is 402 g/mol. The standard InChI is InChI=1S/C27H35N3/c1-7-28-25-15-11-22(17-19(25)3)27(21-9-13-24(14-10-21)30(5)6)23-12-16-26(29-8-2)20(4)18-23/h9-18,27-29H,7-8H2,1-6H3. The van der Waals surface area contributed by atoms with Crippen molar-refractivity contribution >= 4 is 17.1 Å². The molecule has 3 heteroatoms. The zero-order valence-corrected chi connectivity index (χ0v) is 19.2. The lowest BCUT2D eigenvalue weighted by Crippen LogP contribution is -2.10. The molecule has 0 aliphatic carbocycles. The van der Waals surface area contributed by atoms with E-state index in [0.29, 0.717) is 0 Å². The molecule has 3 aromatic carbocycles. The van der Waals surface area contributed by atoms with Crippen LogP contribution in [0.5, 0.6) is 0 Å². The number of hydrogen-bond acceptors (Lipinski definition) is 3. The highest BCUT2D eigenvalue weighted by Gasteiger charge is 2.19. The number of nitrogens with one attached hydrogen (secondary N) is 2. The van der Waals surface area contributed by atoms with Crippen molar-refractivity contribution in [2.45, 2.75) is 33.6 Å². The van der Waals surface area contributed by atoms with Crippen LogP contribution in [-0.4, -0.2) is 27.2 Å². The highest BCUT2D eigenvalue weighted by molar-refractivity contribution is 5.59. The lowest BCUT2D eigenvalue weighted by molar-refractivity contribution is 0.968. The van der Waals surface area contributed by atoms with Gasteiger partial charge in [0.25, 0.3) is 0 Å². The van der Waals surface area contributed by atoms with Gasteiger partial charge in [-0.25, -0.2) is 0 Å². The maximum absolute atomic E-state index is 3.46. The van der Waals surface area contributed by atoms with Gasteiger partial charge < -0.3 is 15.5 Å². The SMILES string of the molecule is CCNc1ccc(C(c2ccc(N(C)C)cc2)c2ccc(NCC)c(C)c2)cc1C. The van der Waals surface area contributed by atoms with E-state index in [2.05, 4.69) is 118 Å². The minimum atomic E-state index is 0.199. The van der Waals surface area contributed by atoms with Gasteiger partial charge in [-0.2, -0.15) is 0 Å². The summed E-state index contributed by atoms with van der Waals surface area (Å²) in [5, 5.41) is 6.92. The molecule has 0 aliphatic heterocycles. The number of nitrogens with zero attached hydrogens (tertiary/aromatic N) is 1. The first-order chi connectivity index (χ1) is 14.4. The van der Waals surface area contributed by atoms with Crippen LogP contribution in [0.1, 0.15) is 47.6 Å². The molecule has 3 nitrogen and oxygen atoms in total. The molecule has 0 spiro atoms. The Morgan fingerprint density at radius 2 is 1.10 bits per heavy atom. The zero-order valence-electron chi connectivity index (χ0n) is 19.2. The van der Waals surface area contributed by atoms with E-state index in [4.69, 9.17) is 0 Å². The van der Waals surface area contributed by atoms with Gasteiger partial charge in [0, 0.05) is 50.2 Å². The summed E-state index contributed by atoms with van der Waals surface area (Å²) in [7, 11) is 4.16. The van der Waals surface area contributed by atoms with E-state index in [1.165, 1.54) is 44.9 Å². The second-order valence-corrected chi connectivity index (χ2v) is 8.13. The molecule has 0 radical (unpaired) electrons. The van der Waals surface area contributed by atoms with E-state index >= 15 is 0 Å². The monoisotopic (exact) mass is 401 g/mol. The maximum Gasteiger partial charge on any atom is 0.0369 e. The van der Waals surface area contributed by atoms with E-state index in [1.54, 1.807) is 0 Å². The van der Waals surface area contributed by atoms with Crippen molar-refractivity contribution in [1.29, 1.82) is 0 Å². The Balaban J connectivity index is 2.09. The molecule has 0 heterocycles. The summed E-state index contributed by atoms with van der Waals surface area (Å²) in [4.78, 5) is 2.14. The second kappa shape index (κ2) is 9.71. The Morgan fingerprint density at radius 3 is 1.47 bits per heavy atom. The minimum Gasteiger partial charge on any atom is -0.385 e. The molecular formula is C27H35N3. The highest BCUT2D eigenvalue weighted by atomic mass is 15.1. The number of benzene rings is 3. The highest BCUT2D eigenvalue weighted by Crippen LogP contribution is 2.36. The third-order valence-electron chi connectivity index (χ3n) is 5.64. The third kappa shape index (κ3) is 4.79. The largest absolute Gasteiger partial charge is 0.385 e. The first kappa shape index (κ1) is 21.8. The summed E-state index contributed by atoms with van der Waals surface area (Å²) in [6.45, 7) is 10.5. The van der Waals surface area contributed by atoms with Crippen molar-refractivity contribution in [3.8, 4) is 0 Å². The van der Waals surface area contributed by atoms with Gasteiger partial charge in [0.05, 0.1) is 0 Å². The van der Waals surface area contributed by atoms with Gasteiger partial charge >= 0.3 is 0 Å². The van der Waals surface area contributed by atoms with Gasteiger partial charge in [-0.15, -0.1) is 0 Å². The smallest absolute Gasteiger partial charge is 0.0369 e. The Kier molecular flexibility index (Phi) is 7.04. The van der Waals surface area contributed by atoms with Gasteiger partial charge in [0.15, 0.2) is 0 Å². The van der Waals surface area contributed by atoms with Gasteiger partial charge in [-0.05, 0) is 79.8 Å². The van der Waals surface area contributed by atoms with Gasteiger partial charge in [-0.1, -0.05) is 36.4 Å². The first-order valence-electron chi connectivity index (χ1n) is 10.9. The van der Waals surface area contributed by atoms with Crippen LogP contribution in [0.4, 0.5) is 17.1 Å². The molecule has 0 atom stereocenters. The molecular weight excluding hydrogens is 366 g/mol.